The molecular weight excluding hydrogens is 1120 g/mol. The second-order valence-corrected chi connectivity index (χ2v) is 26.0. The van der Waals surface area contributed by atoms with E-state index in [4.69, 9.17) is 0 Å². The summed E-state index contributed by atoms with van der Waals surface area (Å²) in [5.41, 5.74) is 11.0. The van der Waals surface area contributed by atoms with Gasteiger partial charge in [0, 0.05) is 67.4 Å². The SMILES string of the molecule is CCCCCCC(CCCCCC)N1C(=O)c2c(C#Cc3ccc(C)cc3)cc3c4cc(C#Cc5ccc(C)cc5)c5c6c(c(C#Cc7ccc(C)cc7)cc(c7cc(C#Cc8ccc(C)cc8)c(c2c37)C1=O)c64)C(=O)N(C(CCCCCC)CCCCCC)C5=O. The lowest BCUT2D eigenvalue weighted by molar-refractivity contribution is 0.0501. The molecule has 0 N–H and O–H groups in total. The van der Waals surface area contributed by atoms with E-state index in [2.05, 4.69) is 75.1 Å². The molecule has 11 rings (SSSR count). The van der Waals surface area contributed by atoms with E-state index in [1.165, 1.54) is 0 Å². The summed E-state index contributed by atoms with van der Waals surface area (Å²) in [4.78, 5) is 68.6. The lowest BCUT2D eigenvalue weighted by atomic mass is 9.77. The van der Waals surface area contributed by atoms with Crippen molar-refractivity contribution in [3.8, 4) is 47.4 Å². The Morgan fingerprint density at radius 3 is 0.707 bits per heavy atom. The van der Waals surface area contributed by atoms with Gasteiger partial charge in [0.1, 0.15) is 0 Å². The molecule has 0 atom stereocenters. The van der Waals surface area contributed by atoms with Gasteiger partial charge in [-0.1, -0.05) is 249 Å². The Morgan fingerprint density at radius 1 is 0.283 bits per heavy atom. The third kappa shape index (κ3) is 13.6. The first-order chi connectivity index (χ1) is 44.8. The van der Waals surface area contributed by atoms with Crippen LogP contribution in [-0.4, -0.2) is 45.5 Å². The molecule has 464 valence electrons. The molecular formula is C86H86N2O4. The van der Waals surface area contributed by atoms with Crippen molar-refractivity contribution >= 4 is 66.7 Å². The number of unbranched alkanes of at least 4 members (excludes halogenated alkanes) is 12. The second-order valence-electron chi connectivity index (χ2n) is 26.0. The number of rotatable bonds is 22. The van der Waals surface area contributed by atoms with Crippen molar-refractivity contribution in [1.82, 2.24) is 9.80 Å². The highest BCUT2D eigenvalue weighted by atomic mass is 16.2. The van der Waals surface area contributed by atoms with Crippen LogP contribution in [-0.2, 0) is 0 Å². The Hall–Kier alpha value is -9.20. The van der Waals surface area contributed by atoms with Crippen LogP contribution in [0.3, 0.4) is 0 Å². The fourth-order valence-corrected chi connectivity index (χ4v) is 13.9. The van der Waals surface area contributed by atoms with Gasteiger partial charge in [-0.3, -0.25) is 29.0 Å². The lowest BCUT2D eigenvalue weighted by Crippen LogP contribution is -2.48. The van der Waals surface area contributed by atoms with Gasteiger partial charge in [0.2, 0.25) is 0 Å². The average molecular weight is 1210 g/mol. The number of hydrogen-bond acceptors (Lipinski definition) is 4. The maximum absolute atomic E-state index is 16.4. The summed E-state index contributed by atoms with van der Waals surface area (Å²) < 4.78 is 0. The van der Waals surface area contributed by atoms with Gasteiger partial charge < -0.3 is 0 Å². The molecule has 0 bridgehead atoms. The zero-order valence-corrected chi connectivity index (χ0v) is 55.4. The summed E-state index contributed by atoms with van der Waals surface area (Å²) in [6, 6.07) is 39.7. The van der Waals surface area contributed by atoms with Crippen molar-refractivity contribution in [2.24, 2.45) is 0 Å². The Morgan fingerprint density at radius 2 is 0.500 bits per heavy atom. The van der Waals surface area contributed by atoms with Crippen molar-refractivity contribution in [3.05, 3.63) is 210 Å². The smallest absolute Gasteiger partial charge is 0.262 e. The monoisotopic (exact) mass is 1210 g/mol. The third-order valence-corrected chi connectivity index (χ3v) is 19.0. The Balaban J connectivity index is 1.30. The molecule has 6 nitrogen and oxygen atoms in total. The number of benzene rings is 9. The normalized spacial score (nSPS) is 12.7. The molecule has 9 aromatic rings. The van der Waals surface area contributed by atoms with E-state index >= 15 is 19.2 Å². The van der Waals surface area contributed by atoms with E-state index in [0.717, 1.165) is 169 Å². The second kappa shape index (κ2) is 29.4. The molecule has 2 aliphatic heterocycles. The Labute approximate surface area is 546 Å². The minimum absolute atomic E-state index is 0.349. The van der Waals surface area contributed by atoms with Crippen molar-refractivity contribution < 1.29 is 19.2 Å². The van der Waals surface area contributed by atoms with E-state index < -0.39 is 0 Å². The number of amides is 4. The van der Waals surface area contributed by atoms with Crippen LogP contribution < -0.4 is 0 Å². The molecule has 0 saturated carbocycles. The number of hydrogen-bond donors (Lipinski definition) is 0. The van der Waals surface area contributed by atoms with Crippen LogP contribution in [0, 0.1) is 75.1 Å². The van der Waals surface area contributed by atoms with Crippen molar-refractivity contribution in [2.45, 2.75) is 196 Å². The minimum atomic E-state index is -0.353. The van der Waals surface area contributed by atoms with Crippen LogP contribution in [0.5, 0.6) is 0 Å². The van der Waals surface area contributed by atoms with E-state index in [-0.39, 0.29) is 35.7 Å². The zero-order chi connectivity index (χ0) is 64.4. The highest BCUT2D eigenvalue weighted by Gasteiger charge is 2.44. The minimum Gasteiger partial charge on any atom is -0.271 e. The fourth-order valence-electron chi connectivity index (χ4n) is 13.9. The first kappa shape index (κ1) is 64.3. The Kier molecular flexibility index (Phi) is 20.6. The number of carbonyl (C=O) groups is 4. The van der Waals surface area contributed by atoms with E-state index in [0.29, 0.717) is 91.7 Å². The quantitative estimate of drug-likeness (QED) is 0.0223. The first-order valence-corrected chi connectivity index (χ1v) is 34.3. The molecule has 0 aliphatic carbocycles. The first-order valence-electron chi connectivity index (χ1n) is 34.3. The molecule has 9 aromatic carbocycles. The molecule has 6 heteroatoms. The Bertz CT molecular complexity index is 3970. The molecule has 0 radical (unpaired) electrons. The van der Waals surface area contributed by atoms with Gasteiger partial charge in [0.15, 0.2) is 0 Å². The summed E-state index contributed by atoms with van der Waals surface area (Å²) in [6.07, 6.45) is 18.9. The van der Waals surface area contributed by atoms with Crippen LogP contribution in [0.2, 0.25) is 0 Å². The fraction of sp³-hybridized carbons (Fsp3) is 0.349. The summed E-state index contributed by atoms with van der Waals surface area (Å²) in [5.74, 6) is 26.7. The molecule has 2 heterocycles. The zero-order valence-electron chi connectivity index (χ0n) is 55.4. The predicted octanol–water partition coefficient (Wildman–Crippen LogP) is 20.4. The highest BCUT2D eigenvalue weighted by molar-refractivity contribution is 6.43. The van der Waals surface area contributed by atoms with Gasteiger partial charge in [-0.2, -0.15) is 0 Å². The lowest BCUT2D eigenvalue weighted by Gasteiger charge is -2.37. The van der Waals surface area contributed by atoms with Gasteiger partial charge in [-0.15, -0.1) is 0 Å². The van der Waals surface area contributed by atoms with Crippen molar-refractivity contribution in [2.75, 3.05) is 0 Å². The topological polar surface area (TPSA) is 74.8 Å². The summed E-state index contributed by atoms with van der Waals surface area (Å²) in [6.45, 7) is 17.0. The molecule has 4 amide bonds. The summed E-state index contributed by atoms with van der Waals surface area (Å²) >= 11 is 0. The molecule has 0 spiro atoms. The van der Waals surface area contributed by atoms with Gasteiger partial charge in [-0.05, 0) is 158 Å². The van der Waals surface area contributed by atoms with Gasteiger partial charge >= 0.3 is 0 Å². The van der Waals surface area contributed by atoms with Crippen LogP contribution >= 0.6 is 0 Å². The number of carbonyl (C=O) groups excluding carboxylic acids is 4. The highest BCUT2D eigenvalue weighted by Crippen LogP contribution is 2.50. The average Bonchev–Trinajstić information content (AvgIpc) is 0.679. The van der Waals surface area contributed by atoms with Gasteiger partial charge in [0.25, 0.3) is 23.6 Å². The molecule has 92 heavy (non-hydrogen) atoms. The summed E-state index contributed by atoms with van der Waals surface area (Å²) in [5, 5.41) is 5.34. The molecule has 2 aliphatic rings. The van der Waals surface area contributed by atoms with E-state index in [1.807, 2.05) is 149 Å². The number of fused-ring (bicyclic) bond motifs is 2. The maximum atomic E-state index is 16.4. The molecule has 0 unspecified atom stereocenters. The van der Waals surface area contributed by atoms with Crippen LogP contribution in [0.4, 0.5) is 0 Å². The van der Waals surface area contributed by atoms with E-state index in [9.17, 15) is 0 Å². The largest absolute Gasteiger partial charge is 0.271 e. The van der Waals surface area contributed by atoms with Gasteiger partial charge in [-0.25, -0.2) is 0 Å². The number of imide groups is 2. The molecule has 0 fully saturated rings. The third-order valence-electron chi connectivity index (χ3n) is 19.0. The maximum Gasteiger partial charge on any atom is 0.262 e. The van der Waals surface area contributed by atoms with Crippen LogP contribution in [0.25, 0.3) is 43.1 Å². The number of aryl methyl sites for hydroxylation is 4. The van der Waals surface area contributed by atoms with Crippen LogP contribution in [0.15, 0.2) is 121 Å². The molecule has 0 saturated heterocycles. The van der Waals surface area contributed by atoms with Crippen LogP contribution in [0.1, 0.15) is 264 Å². The standard InChI is InChI=1S/C86H86N2O4/c1-9-13-17-21-25-69(26-22-18-14-10-2)87-83(89)75-65(49-45-61-37-29-57(5)30-38-61)53-71-73-55-67(51-47-63-41-33-59(7)34-42-63)77-82-78(86(92)88(85(77)91)70(27-23-19-15-11-3)28-24-20-16-12-4)68(52-48-64-43-35-60(8)36-44-64)56-74(80(73)82)72-54-66(76(84(87)90)81(75)79(71)72)50-46-62-39-31-58(6)32-40-62/h29-44,53-56,69-70H,9-28H2,1-8H3. The number of nitrogens with zero attached hydrogens (tertiary/aromatic N) is 2. The van der Waals surface area contributed by atoms with Crippen molar-refractivity contribution in [3.63, 3.8) is 0 Å². The van der Waals surface area contributed by atoms with Crippen molar-refractivity contribution in [1.29, 1.82) is 0 Å². The summed E-state index contributed by atoms with van der Waals surface area (Å²) in [7, 11) is 0. The van der Waals surface area contributed by atoms with E-state index in [1.54, 1.807) is 9.80 Å². The molecule has 0 aromatic heterocycles. The van der Waals surface area contributed by atoms with Gasteiger partial charge in [0.05, 0.1) is 22.3 Å². The predicted molar refractivity (Wildman–Crippen MR) is 380 cm³/mol.